The van der Waals surface area contributed by atoms with Gasteiger partial charge in [0, 0.05) is 17.7 Å². The molecular formula is C22H20ClF3N2O3. The molecule has 0 amide bonds. The number of aliphatic hydroxyl groups is 1. The summed E-state index contributed by atoms with van der Waals surface area (Å²) < 4.78 is 46.8. The average Bonchev–Trinajstić information content (AvgIpc) is 2.70. The molecule has 0 aliphatic heterocycles. The number of hydrogen-bond donors (Lipinski definition) is 2. The first-order chi connectivity index (χ1) is 14.6. The van der Waals surface area contributed by atoms with Gasteiger partial charge < -0.3 is 14.8 Å². The van der Waals surface area contributed by atoms with Gasteiger partial charge in [-0.15, -0.1) is 0 Å². The third-order valence-electron chi connectivity index (χ3n) is 5.00. The molecule has 0 aliphatic rings. The molecule has 0 saturated carbocycles. The van der Waals surface area contributed by atoms with Gasteiger partial charge in [0.1, 0.15) is 5.75 Å². The molecule has 164 valence electrons. The fraction of sp³-hybridized carbons (Fsp3) is 0.273. The molecule has 0 bridgehead atoms. The Morgan fingerprint density at radius 2 is 1.90 bits per heavy atom. The van der Waals surface area contributed by atoms with Gasteiger partial charge in [0.2, 0.25) is 5.56 Å². The number of aromatic nitrogens is 1. The summed E-state index contributed by atoms with van der Waals surface area (Å²) in [7, 11) is 1.37. The van der Waals surface area contributed by atoms with Crippen LogP contribution < -0.4 is 10.3 Å². The summed E-state index contributed by atoms with van der Waals surface area (Å²) in [6.07, 6.45) is -5.17. The molecule has 3 aromatic rings. The number of H-pyrrole nitrogens is 1. The summed E-state index contributed by atoms with van der Waals surface area (Å²) in [6.45, 7) is 1.54. The first kappa shape index (κ1) is 22.8. The van der Waals surface area contributed by atoms with Gasteiger partial charge in [-0.25, -0.2) is 0 Å². The van der Waals surface area contributed by atoms with Crippen molar-refractivity contribution in [3.8, 4) is 5.75 Å². The molecule has 0 spiro atoms. The topological polar surface area (TPSA) is 74.7 Å². The van der Waals surface area contributed by atoms with Crippen LogP contribution in [-0.4, -0.2) is 35.2 Å². The molecule has 1 aromatic heterocycles. The number of methoxy groups -OCH3 is 1. The number of benzene rings is 2. The maximum atomic E-state index is 13.9. The number of aromatic amines is 1. The molecule has 3 rings (SSSR count). The summed E-state index contributed by atoms with van der Waals surface area (Å²) in [6, 6.07) is 12.2. The fourth-order valence-corrected chi connectivity index (χ4v) is 3.67. The number of rotatable bonds is 6. The van der Waals surface area contributed by atoms with Crippen LogP contribution in [0.25, 0.3) is 10.9 Å². The molecule has 2 aromatic carbocycles. The quantitative estimate of drug-likeness (QED) is 0.493. The molecule has 2 N–H and O–H groups in total. The smallest absolute Gasteiger partial charge is 0.422 e. The van der Waals surface area contributed by atoms with E-state index < -0.39 is 24.1 Å². The fourth-order valence-electron chi connectivity index (χ4n) is 3.41. The lowest BCUT2D eigenvalue weighted by atomic mass is 9.86. The van der Waals surface area contributed by atoms with Crippen molar-refractivity contribution in [2.24, 2.45) is 4.99 Å². The van der Waals surface area contributed by atoms with E-state index in [9.17, 15) is 23.1 Å². The second-order valence-electron chi connectivity index (χ2n) is 7.21. The van der Waals surface area contributed by atoms with Gasteiger partial charge in [0.25, 0.3) is 0 Å². The monoisotopic (exact) mass is 452 g/mol. The second-order valence-corrected chi connectivity index (χ2v) is 7.62. The Morgan fingerprint density at radius 3 is 2.58 bits per heavy atom. The maximum absolute atomic E-state index is 13.9. The first-order valence-electron chi connectivity index (χ1n) is 9.34. The highest BCUT2D eigenvalue weighted by Crippen LogP contribution is 2.41. The van der Waals surface area contributed by atoms with Crippen molar-refractivity contribution in [2.75, 3.05) is 7.11 Å². The molecule has 0 saturated heterocycles. The number of aliphatic imine (C=N–C) groups is 1. The average molecular weight is 453 g/mol. The number of nitrogens with one attached hydrogen (secondary N) is 1. The van der Waals surface area contributed by atoms with Crippen LogP contribution in [0.15, 0.2) is 58.3 Å². The van der Waals surface area contributed by atoms with Crippen LogP contribution >= 0.6 is 11.6 Å². The summed E-state index contributed by atoms with van der Waals surface area (Å²) in [5.74, 6) is -0.494. The SMILES string of the molecule is COc1c(Cl)cccc1C(C)CC(O)(C=Nc1cccc2[nH]c(=O)ccc12)C(F)(F)F. The van der Waals surface area contributed by atoms with Crippen LogP contribution in [0.1, 0.15) is 24.8 Å². The number of fused-ring (bicyclic) bond motifs is 1. The summed E-state index contributed by atoms with van der Waals surface area (Å²) in [4.78, 5) is 18.0. The highest BCUT2D eigenvalue weighted by atomic mass is 35.5. The number of para-hydroxylation sites is 1. The minimum atomic E-state index is -4.98. The lowest BCUT2D eigenvalue weighted by Crippen LogP contribution is -2.47. The number of nitrogens with zero attached hydrogens (tertiary/aromatic N) is 1. The molecule has 1 heterocycles. The Bertz CT molecular complexity index is 1180. The van der Waals surface area contributed by atoms with Crippen LogP contribution in [0.2, 0.25) is 5.02 Å². The molecule has 0 aliphatic carbocycles. The van der Waals surface area contributed by atoms with Gasteiger partial charge in [0.15, 0.2) is 5.60 Å². The van der Waals surface area contributed by atoms with Crippen molar-refractivity contribution in [1.82, 2.24) is 4.98 Å². The molecular weight excluding hydrogens is 433 g/mol. The van der Waals surface area contributed by atoms with Crippen molar-refractivity contribution in [1.29, 1.82) is 0 Å². The van der Waals surface area contributed by atoms with E-state index in [1.807, 2.05) is 0 Å². The zero-order valence-electron chi connectivity index (χ0n) is 16.7. The summed E-state index contributed by atoms with van der Waals surface area (Å²) >= 11 is 6.08. The van der Waals surface area contributed by atoms with Crippen LogP contribution in [-0.2, 0) is 0 Å². The van der Waals surface area contributed by atoms with E-state index in [4.69, 9.17) is 16.3 Å². The van der Waals surface area contributed by atoms with E-state index in [0.29, 0.717) is 22.7 Å². The zero-order valence-corrected chi connectivity index (χ0v) is 17.5. The Morgan fingerprint density at radius 1 is 1.19 bits per heavy atom. The second kappa shape index (κ2) is 8.72. The summed E-state index contributed by atoms with van der Waals surface area (Å²) in [5.41, 5.74) is -2.50. The van der Waals surface area contributed by atoms with Crippen LogP contribution in [0.5, 0.6) is 5.75 Å². The maximum Gasteiger partial charge on any atom is 0.422 e. The zero-order chi connectivity index (χ0) is 22.8. The van der Waals surface area contributed by atoms with Crippen LogP contribution in [0.3, 0.4) is 0 Å². The molecule has 9 heteroatoms. The minimum absolute atomic E-state index is 0.185. The van der Waals surface area contributed by atoms with E-state index in [1.165, 1.54) is 25.3 Å². The standard InChI is InChI=1S/C22H20ClF3N2O3/c1-13(14-5-3-6-16(23)20(14)31-2)11-21(30,22(24,25)26)12-27-17-7-4-8-18-15(17)9-10-19(29)28-18/h3-10,12-13,30H,11H2,1-2H3,(H,28,29). The van der Waals surface area contributed by atoms with Gasteiger partial charge in [-0.2, -0.15) is 13.2 Å². The Kier molecular flexibility index (Phi) is 6.43. The number of alkyl halides is 3. The van der Waals surface area contributed by atoms with Crippen molar-refractivity contribution in [2.45, 2.75) is 31.0 Å². The van der Waals surface area contributed by atoms with Crippen molar-refractivity contribution in [3.63, 3.8) is 0 Å². The van der Waals surface area contributed by atoms with Gasteiger partial charge >= 0.3 is 6.18 Å². The lowest BCUT2D eigenvalue weighted by molar-refractivity contribution is -0.231. The Labute approximate surface area is 181 Å². The van der Waals surface area contributed by atoms with Crippen LogP contribution in [0, 0.1) is 0 Å². The highest BCUT2D eigenvalue weighted by molar-refractivity contribution is 6.32. The van der Waals surface area contributed by atoms with E-state index >= 15 is 0 Å². The lowest BCUT2D eigenvalue weighted by Gasteiger charge is -2.30. The van der Waals surface area contributed by atoms with Gasteiger partial charge in [-0.3, -0.25) is 9.79 Å². The normalized spacial score (nSPS) is 15.2. The third-order valence-corrected chi connectivity index (χ3v) is 5.30. The molecule has 5 nitrogen and oxygen atoms in total. The largest absolute Gasteiger partial charge is 0.495 e. The molecule has 0 fully saturated rings. The van der Waals surface area contributed by atoms with Gasteiger partial charge in [-0.05, 0) is 42.2 Å². The van der Waals surface area contributed by atoms with Crippen molar-refractivity contribution >= 4 is 34.4 Å². The number of hydrogen-bond acceptors (Lipinski definition) is 4. The van der Waals surface area contributed by atoms with Gasteiger partial charge in [0.05, 0.1) is 23.3 Å². The first-order valence-corrected chi connectivity index (χ1v) is 9.72. The molecule has 2 atom stereocenters. The molecule has 2 unspecified atom stereocenters. The Balaban J connectivity index is 1.99. The summed E-state index contributed by atoms with van der Waals surface area (Å²) in [5, 5.41) is 11.3. The van der Waals surface area contributed by atoms with Crippen molar-refractivity contribution in [3.05, 3.63) is 69.5 Å². The molecule has 0 radical (unpaired) electrons. The number of ether oxygens (including phenoxy) is 1. The minimum Gasteiger partial charge on any atom is -0.495 e. The number of pyridine rings is 1. The van der Waals surface area contributed by atoms with Gasteiger partial charge in [-0.1, -0.05) is 36.7 Å². The highest BCUT2D eigenvalue weighted by Gasteiger charge is 2.53. The third kappa shape index (κ3) is 4.75. The molecule has 31 heavy (non-hydrogen) atoms. The Hall–Kier alpha value is -2.84. The van der Waals surface area contributed by atoms with E-state index in [1.54, 1.807) is 37.3 Å². The number of halogens is 4. The predicted molar refractivity (Wildman–Crippen MR) is 115 cm³/mol. The van der Waals surface area contributed by atoms with E-state index in [-0.39, 0.29) is 22.0 Å². The van der Waals surface area contributed by atoms with E-state index in [2.05, 4.69) is 9.98 Å². The van der Waals surface area contributed by atoms with Crippen molar-refractivity contribution < 1.29 is 23.0 Å². The predicted octanol–water partition coefficient (Wildman–Crippen LogP) is 5.38. The van der Waals surface area contributed by atoms with Crippen LogP contribution in [0.4, 0.5) is 18.9 Å². The van der Waals surface area contributed by atoms with E-state index in [0.717, 1.165) is 0 Å².